The lowest BCUT2D eigenvalue weighted by atomic mass is 10.2. The van der Waals surface area contributed by atoms with E-state index in [2.05, 4.69) is 15.0 Å². The predicted molar refractivity (Wildman–Crippen MR) is 71.0 cm³/mol. The second-order valence-corrected chi connectivity index (χ2v) is 4.80. The molecule has 4 nitrogen and oxygen atoms in total. The molecule has 0 unspecified atom stereocenters. The highest BCUT2D eigenvalue weighted by atomic mass is 35.5. The molecule has 0 aromatic carbocycles. The highest BCUT2D eigenvalue weighted by Crippen LogP contribution is 2.31. The van der Waals surface area contributed by atoms with Crippen molar-refractivity contribution in [2.75, 3.05) is 0 Å². The number of nitrogens with zero attached hydrogens (tertiary/aromatic N) is 4. The molecule has 108 valence electrons. The molecule has 0 fully saturated rings. The number of hydrogen-bond donors (Lipinski definition) is 0. The Morgan fingerprint density at radius 2 is 1.90 bits per heavy atom. The quantitative estimate of drug-likeness (QED) is 0.642. The molecular formula is C13H8ClF3N4. The van der Waals surface area contributed by atoms with Crippen molar-refractivity contribution in [2.24, 2.45) is 0 Å². The van der Waals surface area contributed by atoms with Gasteiger partial charge in [0.15, 0.2) is 0 Å². The van der Waals surface area contributed by atoms with Crippen molar-refractivity contribution in [3.05, 3.63) is 47.1 Å². The van der Waals surface area contributed by atoms with Crippen LogP contribution < -0.4 is 0 Å². The van der Waals surface area contributed by atoms with Crippen LogP contribution in [0.3, 0.4) is 0 Å². The largest absolute Gasteiger partial charge is 0.417 e. The van der Waals surface area contributed by atoms with Crippen molar-refractivity contribution >= 4 is 17.2 Å². The van der Waals surface area contributed by atoms with Crippen molar-refractivity contribution in [1.29, 1.82) is 0 Å². The number of halogens is 4. The van der Waals surface area contributed by atoms with Gasteiger partial charge in [-0.05, 0) is 36.2 Å². The summed E-state index contributed by atoms with van der Waals surface area (Å²) in [6.45, 7) is 1.75. The summed E-state index contributed by atoms with van der Waals surface area (Å²) < 4.78 is 39.8. The van der Waals surface area contributed by atoms with Gasteiger partial charge < -0.3 is 0 Å². The van der Waals surface area contributed by atoms with Gasteiger partial charge in [0.2, 0.25) is 5.28 Å². The smallest absolute Gasteiger partial charge is 0.298 e. The van der Waals surface area contributed by atoms with Crippen LogP contribution in [-0.2, 0) is 6.18 Å². The Labute approximate surface area is 122 Å². The SMILES string of the molecule is Cc1cnc(Cl)nc1-c1cnc2ccc(C(F)(F)F)cn12. The molecule has 0 saturated carbocycles. The van der Waals surface area contributed by atoms with Gasteiger partial charge in [-0.25, -0.2) is 15.0 Å². The first-order chi connectivity index (χ1) is 9.86. The third-order valence-corrected chi connectivity index (χ3v) is 3.20. The van der Waals surface area contributed by atoms with Crippen LogP contribution in [0.5, 0.6) is 0 Å². The van der Waals surface area contributed by atoms with E-state index >= 15 is 0 Å². The van der Waals surface area contributed by atoms with E-state index in [1.807, 2.05) is 0 Å². The van der Waals surface area contributed by atoms with Crippen LogP contribution in [0, 0.1) is 6.92 Å². The van der Waals surface area contributed by atoms with Gasteiger partial charge in [0.25, 0.3) is 0 Å². The Morgan fingerprint density at radius 1 is 1.14 bits per heavy atom. The topological polar surface area (TPSA) is 43.1 Å². The van der Waals surface area contributed by atoms with Crippen molar-refractivity contribution in [2.45, 2.75) is 13.1 Å². The van der Waals surface area contributed by atoms with E-state index in [1.165, 1.54) is 22.9 Å². The fourth-order valence-electron chi connectivity index (χ4n) is 2.00. The Balaban J connectivity index is 2.26. The van der Waals surface area contributed by atoms with Crippen molar-refractivity contribution in [3.63, 3.8) is 0 Å². The molecule has 0 aliphatic rings. The fourth-order valence-corrected chi connectivity index (χ4v) is 2.14. The predicted octanol–water partition coefficient (Wildman–Crippen LogP) is 3.77. The lowest BCUT2D eigenvalue weighted by Gasteiger charge is -2.09. The molecular weight excluding hydrogens is 305 g/mol. The molecule has 0 bridgehead atoms. The summed E-state index contributed by atoms with van der Waals surface area (Å²) in [5.74, 6) is 0. The maximum absolute atomic E-state index is 12.8. The molecule has 0 radical (unpaired) electrons. The van der Waals surface area contributed by atoms with Gasteiger partial charge >= 0.3 is 6.18 Å². The summed E-state index contributed by atoms with van der Waals surface area (Å²) in [6, 6.07) is 2.30. The zero-order chi connectivity index (χ0) is 15.2. The summed E-state index contributed by atoms with van der Waals surface area (Å²) >= 11 is 5.76. The molecule has 0 amide bonds. The summed E-state index contributed by atoms with van der Waals surface area (Å²) in [4.78, 5) is 12.0. The minimum absolute atomic E-state index is 0.0255. The van der Waals surface area contributed by atoms with Crippen LogP contribution in [-0.4, -0.2) is 19.4 Å². The average molecular weight is 313 g/mol. The zero-order valence-corrected chi connectivity index (χ0v) is 11.4. The van der Waals surface area contributed by atoms with E-state index in [0.717, 1.165) is 12.3 Å². The Hall–Kier alpha value is -2.15. The molecule has 0 spiro atoms. The van der Waals surface area contributed by atoms with Gasteiger partial charge in [-0.1, -0.05) is 0 Å². The molecule has 21 heavy (non-hydrogen) atoms. The second kappa shape index (κ2) is 4.70. The summed E-state index contributed by atoms with van der Waals surface area (Å²) in [5.41, 5.74) is 1.21. The Bertz CT molecular complexity index is 826. The minimum atomic E-state index is -4.42. The third-order valence-electron chi connectivity index (χ3n) is 3.02. The number of rotatable bonds is 1. The normalized spacial score (nSPS) is 12.0. The van der Waals surface area contributed by atoms with Crippen LogP contribution in [0.4, 0.5) is 13.2 Å². The number of aryl methyl sites for hydroxylation is 1. The van der Waals surface area contributed by atoms with E-state index in [9.17, 15) is 13.2 Å². The molecule has 0 aliphatic heterocycles. The monoisotopic (exact) mass is 312 g/mol. The maximum Gasteiger partial charge on any atom is 0.417 e. The highest BCUT2D eigenvalue weighted by Gasteiger charge is 2.31. The minimum Gasteiger partial charge on any atom is -0.298 e. The van der Waals surface area contributed by atoms with Crippen molar-refractivity contribution < 1.29 is 13.2 Å². The van der Waals surface area contributed by atoms with E-state index in [0.29, 0.717) is 22.6 Å². The van der Waals surface area contributed by atoms with Crippen molar-refractivity contribution in [3.8, 4) is 11.4 Å². The number of pyridine rings is 1. The third kappa shape index (κ3) is 2.44. The maximum atomic E-state index is 12.8. The highest BCUT2D eigenvalue weighted by molar-refractivity contribution is 6.28. The molecule has 3 aromatic rings. The van der Waals surface area contributed by atoms with Gasteiger partial charge in [-0.2, -0.15) is 13.2 Å². The fraction of sp³-hybridized carbons (Fsp3) is 0.154. The van der Waals surface area contributed by atoms with Gasteiger partial charge in [-0.15, -0.1) is 0 Å². The first-order valence-corrected chi connectivity index (χ1v) is 6.28. The lowest BCUT2D eigenvalue weighted by molar-refractivity contribution is -0.137. The second-order valence-electron chi connectivity index (χ2n) is 4.46. The van der Waals surface area contributed by atoms with Gasteiger partial charge in [0, 0.05) is 12.4 Å². The van der Waals surface area contributed by atoms with Gasteiger partial charge in [0.1, 0.15) is 5.65 Å². The van der Waals surface area contributed by atoms with Crippen molar-refractivity contribution in [1.82, 2.24) is 19.4 Å². The molecule has 0 saturated heterocycles. The molecule has 0 N–H and O–H groups in total. The number of fused-ring (bicyclic) bond motifs is 1. The standard InChI is InChI=1S/C13H8ClF3N4/c1-7-4-19-12(14)20-11(7)9-5-18-10-3-2-8(6-21(9)10)13(15,16)17/h2-6H,1H3. The van der Waals surface area contributed by atoms with E-state index in [1.54, 1.807) is 6.92 Å². The van der Waals surface area contributed by atoms with Crippen LogP contribution in [0.2, 0.25) is 5.28 Å². The van der Waals surface area contributed by atoms with Crippen LogP contribution in [0.1, 0.15) is 11.1 Å². The van der Waals surface area contributed by atoms with Crippen LogP contribution in [0.25, 0.3) is 17.0 Å². The number of imidazole rings is 1. The lowest BCUT2D eigenvalue weighted by Crippen LogP contribution is -2.06. The number of alkyl halides is 3. The first-order valence-electron chi connectivity index (χ1n) is 5.90. The molecule has 8 heteroatoms. The molecule has 0 atom stereocenters. The number of aromatic nitrogens is 4. The van der Waals surface area contributed by atoms with E-state index < -0.39 is 11.7 Å². The molecule has 3 aromatic heterocycles. The Kier molecular flexibility index (Phi) is 3.09. The molecule has 3 rings (SSSR count). The zero-order valence-electron chi connectivity index (χ0n) is 10.7. The number of hydrogen-bond acceptors (Lipinski definition) is 3. The van der Waals surface area contributed by atoms with Gasteiger partial charge in [0.05, 0.1) is 23.1 Å². The Morgan fingerprint density at radius 3 is 2.62 bits per heavy atom. The average Bonchev–Trinajstić information content (AvgIpc) is 2.83. The summed E-state index contributed by atoms with van der Waals surface area (Å²) in [7, 11) is 0. The first kappa shape index (κ1) is 13.8. The van der Waals surface area contributed by atoms with Gasteiger partial charge in [-0.3, -0.25) is 4.40 Å². The van der Waals surface area contributed by atoms with Crippen LogP contribution in [0.15, 0.2) is 30.7 Å². The van der Waals surface area contributed by atoms with Crippen LogP contribution >= 0.6 is 11.6 Å². The van der Waals surface area contributed by atoms with E-state index in [4.69, 9.17) is 11.6 Å². The molecule has 3 heterocycles. The molecule has 0 aliphatic carbocycles. The summed E-state index contributed by atoms with van der Waals surface area (Å²) in [5, 5.41) is 0.0255. The summed E-state index contributed by atoms with van der Waals surface area (Å²) in [6.07, 6.45) is -0.458. The van der Waals surface area contributed by atoms with E-state index in [-0.39, 0.29) is 5.28 Å².